The van der Waals surface area contributed by atoms with Crippen LogP contribution in [0.4, 0.5) is 5.69 Å². The molecule has 1 amide bonds. The second-order valence-corrected chi connectivity index (χ2v) is 4.72. The van der Waals surface area contributed by atoms with Crippen LogP contribution in [-0.4, -0.2) is 16.0 Å². The molecule has 1 aromatic carbocycles. The first-order valence-corrected chi connectivity index (χ1v) is 6.07. The van der Waals surface area contributed by atoms with Crippen molar-refractivity contribution in [1.29, 1.82) is 0 Å². The van der Waals surface area contributed by atoms with Crippen molar-refractivity contribution in [3.05, 3.63) is 52.3 Å². The van der Waals surface area contributed by atoms with Gasteiger partial charge in [-0.15, -0.1) is 0 Å². The minimum atomic E-state index is -0.361. The second-order valence-electron chi connectivity index (χ2n) is 3.81. The number of carbonyl (C=O) groups excluding carboxylic acids is 1. The number of benzene rings is 1. The number of halogens is 1. The molecule has 2 aromatic rings. The second kappa shape index (κ2) is 5.18. The lowest BCUT2D eigenvalue weighted by atomic mass is 10.2. The number of aromatic nitrogens is 1. The van der Waals surface area contributed by atoms with Crippen LogP contribution in [0, 0.1) is 6.92 Å². The van der Waals surface area contributed by atoms with Crippen molar-refractivity contribution in [2.75, 3.05) is 5.32 Å². The standard InChI is InChI=1S/C13H11BrN2O2/c1-8-6-9(14)2-3-11(8)16-13(18)10-4-5-15-7-12(10)17/h2-7,17H,1H3,(H,16,18). The summed E-state index contributed by atoms with van der Waals surface area (Å²) in [5.41, 5.74) is 1.85. The summed E-state index contributed by atoms with van der Waals surface area (Å²) in [4.78, 5) is 15.7. The predicted molar refractivity (Wildman–Crippen MR) is 72.7 cm³/mol. The first kappa shape index (κ1) is 12.6. The largest absolute Gasteiger partial charge is 0.505 e. The Kier molecular flexibility index (Phi) is 3.62. The summed E-state index contributed by atoms with van der Waals surface area (Å²) < 4.78 is 0.949. The zero-order chi connectivity index (χ0) is 13.1. The highest BCUT2D eigenvalue weighted by Crippen LogP contribution is 2.22. The maximum absolute atomic E-state index is 12.0. The topological polar surface area (TPSA) is 62.2 Å². The van der Waals surface area contributed by atoms with E-state index in [1.807, 2.05) is 19.1 Å². The van der Waals surface area contributed by atoms with Crippen LogP contribution >= 0.6 is 15.9 Å². The third-order valence-electron chi connectivity index (χ3n) is 2.48. The molecule has 2 rings (SSSR count). The monoisotopic (exact) mass is 306 g/mol. The average Bonchev–Trinajstić information content (AvgIpc) is 2.33. The summed E-state index contributed by atoms with van der Waals surface area (Å²) in [6.45, 7) is 1.90. The normalized spacial score (nSPS) is 10.1. The van der Waals surface area contributed by atoms with E-state index in [1.165, 1.54) is 18.5 Å². The first-order valence-electron chi connectivity index (χ1n) is 5.28. The number of pyridine rings is 1. The van der Waals surface area contributed by atoms with Crippen molar-refractivity contribution in [3.8, 4) is 5.75 Å². The molecular formula is C13H11BrN2O2. The Bertz CT molecular complexity index is 599. The Balaban J connectivity index is 2.24. The van der Waals surface area contributed by atoms with Gasteiger partial charge in [-0.1, -0.05) is 15.9 Å². The van der Waals surface area contributed by atoms with Gasteiger partial charge in [0, 0.05) is 16.4 Å². The van der Waals surface area contributed by atoms with Crippen molar-refractivity contribution in [2.24, 2.45) is 0 Å². The molecular weight excluding hydrogens is 296 g/mol. The van der Waals surface area contributed by atoms with Crippen LogP contribution < -0.4 is 5.32 Å². The van der Waals surface area contributed by atoms with Crippen LogP contribution in [0.15, 0.2) is 41.1 Å². The molecule has 0 saturated heterocycles. The number of aromatic hydroxyl groups is 1. The fraction of sp³-hybridized carbons (Fsp3) is 0.0769. The van der Waals surface area contributed by atoms with Gasteiger partial charge in [-0.05, 0) is 36.8 Å². The highest BCUT2D eigenvalue weighted by molar-refractivity contribution is 9.10. The SMILES string of the molecule is Cc1cc(Br)ccc1NC(=O)c1ccncc1O. The average molecular weight is 307 g/mol. The van der Waals surface area contributed by atoms with Crippen molar-refractivity contribution >= 4 is 27.5 Å². The number of carbonyl (C=O) groups is 1. The van der Waals surface area contributed by atoms with E-state index < -0.39 is 0 Å². The molecule has 2 N–H and O–H groups in total. The van der Waals surface area contributed by atoms with Crippen LogP contribution in [0.1, 0.15) is 15.9 Å². The Hall–Kier alpha value is -1.88. The number of nitrogens with zero attached hydrogens (tertiary/aromatic N) is 1. The Labute approximate surface area is 113 Å². The molecule has 4 nitrogen and oxygen atoms in total. The quantitative estimate of drug-likeness (QED) is 0.896. The van der Waals surface area contributed by atoms with Crippen molar-refractivity contribution in [3.63, 3.8) is 0 Å². The molecule has 0 aliphatic rings. The minimum Gasteiger partial charge on any atom is -0.505 e. The molecule has 0 aliphatic carbocycles. The lowest BCUT2D eigenvalue weighted by molar-refractivity contribution is 0.102. The summed E-state index contributed by atoms with van der Waals surface area (Å²) in [5, 5.41) is 12.3. The molecule has 1 heterocycles. The van der Waals surface area contributed by atoms with E-state index in [0.29, 0.717) is 5.69 Å². The third-order valence-corrected chi connectivity index (χ3v) is 2.97. The highest BCUT2D eigenvalue weighted by Gasteiger charge is 2.11. The van der Waals surface area contributed by atoms with Gasteiger partial charge in [0.15, 0.2) is 0 Å². The Morgan fingerprint density at radius 3 is 2.83 bits per heavy atom. The van der Waals surface area contributed by atoms with Gasteiger partial charge in [-0.3, -0.25) is 9.78 Å². The number of amides is 1. The lowest BCUT2D eigenvalue weighted by Gasteiger charge is -2.09. The van der Waals surface area contributed by atoms with Crippen molar-refractivity contribution in [1.82, 2.24) is 4.98 Å². The maximum Gasteiger partial charge on any atom is 0.259 e. The fourth-order valence-corrected chi connectivity index (χ4v) is 2.01. The molecule has 0 fully saturated rings. The first-order chi connectivity index (χ1) is 8.58. The van der Waals surface area contributed by atoms with Gasteiger partial charge >= 0.3 is 0 Å². The van der Waals surface area contributed by atoms with Gasteiger partial charge in [-0.2, -0.15) is 0 Å². The van der Waals surface area contributed by atoms with Gasteiger partial charge in [0.25, 0.3) is 5.91 Å². The molecule has 0 saturated carbocycles. The van der Waals surface area contributed by atoms with Crippen LogP contribution in [0.2, 0.25) is 0 Å². The number of hydrogen-bond donors (Lipinski definition) is 2. The molecule has 0 bridgehead atoms. The molecule has 0 unspecified atom stereocenters. The van der Waals surface area contributed by atoms with Gasteiger partial charge < -0.3 is 10.4 Å². The fourth-order valence-electron chi connectivity index (χ4n) is 1.54. The van der Waals surface area contributed by atoms with Crippen molar-refractivity contribution in [2.45, 2.75) is 6.92 Å². The van der Waals surface area contributed by atoms with Crippen molar-refractivity contribution < 1.29 is 9.90 Å². The van der Waals surface area contributed by atoms with Gasteiger partial charge in [-0.25, -0.2) is 0 Å². The molecule has 0 radical (unpaired) electrons. The van der Waals surface area contributed by atoms with Gasteiger partial charge in [0.1, 0.15) is 5.75 Å². The van der Waals surface area contributed by atoms with E-state index in [4.69, 9.17) is 0 Å². The van der Waals surface area contributed by atoms with Crippen LogP contribution in [-0.2, 0) is 0 Å². The molecule has 92 valence electrons. The Morgan fingerprint density at radius 2 is 2.17 bits per heavy atom. The molecule has 0 spiro atoms. The lowest BCUT2D eigenvalue weighted by Crippen LogP contribution is -2.13. The van der Waals surface area contributed by atoms with E-state index in [0.717, 1.165) is 10.0 Å². The van der Waals surface area contributed by atoms with E-state index in [-0.39, 0.29) is 17.2 Å². The van der Waals surface area contributed by atoms with E-state index >= 15 is 0 Å². The molecule has 0 atom stereocenters. The van der Waals surface area contributed by atoms with E-state index in [9.17, 15) is 9.90 Å². The number of aryl methyl sites for hydroxylation is 1. The summed E-state index contributed by atoms with van der Waals surface area (Å²) in [6.07, 6.45) is 2.70. The summed E-state index contributed by atoms with van der Waals surface area (Å²) >= 11 is 3.36. The molecule has 0 aliphatic heterocycles. The van der Waals surface area contributed by atoms with Gasteiger partial charge in [0.05, 0.1) is 11.8 Å². The zero-order valence-corrected chi connectivity index (χ0v) is 11.2. The summed E-state index contributed by atoms with van der Waals surface area (Å²) in [7, 11) is 0. The smallest absolute Gasteiger partial charge is 0.259 e. The predicted octanol–water partition coefficient (Wildman–Crippen LogP) is 3.11. The number of hydrogen-bond acceptors (Lipinski definition) is 3. The summed E-state index contributed by atoms with van der Waals surface area (Å²) in [5.74, 6) is -0.495. The van der Waals surface area contributed by atoms with Gasteiger partial charge in [0.2, 0.25) is 0 Å². The van der Waals surface area contributed by atoms with Crippen LogP contribution in [0.3, 0.4) is 0 Å². The minimum absolute atomic E-state index is 0.134. The molecule has 5 heteroatoms. The molecule has 18 heavy (non-hydrogen) atoms. The summed E-state index contributed by atoms with van der Waals surface area (Å²) in [6, 6.07) is 7.02. The molecule has 1 aromatic heterocycles. The van der Waals surface area contributed by atoms with E-state index in [1.54, 1.807) is 6.07 Å². The van der Waals surface area contributed by atoms with Crippen LogP contribution in [0.25, 0.3) is 0 Å². The number of rotatable bonds is 2. The van der Waals surface area contributed by atoms with E-state index in [2.05, 4.69) is 26.2 Å². The number of nitrogens with one attached hydrogen (secondary N) is 1. The Morgan fingerprint density at radius 1 is 1.39 bits per heavy atom. The highest BCUT2D eigenvalue weighted by atomic mass is 79.9. The zero-order valence-electron chi connectivity index (χ0n) is 9.64. The maximum atomic E-state index is 12.0. The number of anilines is 1. The third kappa shape index (κ3) is 2.68. The van der Waals surface area contributed by atoms with Crippen LogP contribution in [0.5, 0.6) is 5.75 Å².